The molecule has 138 valence electrons. The van der Waals surface area contributed by atoms with Crippen molar-refractivity contribution in [2.24, 2.45) is 5.92 Å². The number of anilines is 2. The van der Waals surface area contributed by atoms with Crippen LogP contribution in [-0.4, -0.2) is 25.5 Å². The molecule has 2 aromatic carbocycles. The van der Waals surface area contributed by atoms with E-state index in [1.165, 1.54) is 18.5 Å². The molecule has 1 saturated heterocycles. The van der Waals surface area contributed by atoms with Crippen molar-refractivity contribution in [1.29, 1.82) is 0 Å². The highest BCUT2D eigenvalue weighted by molar-refractivity contribution is 5.81. The van der Waals surface area contributed by atoms with Crippen LogP contribution in [-0.2, 0) is 4.79 Å². The minimum atomic E-state index is -0.00422. The quantitative estimate of drug-likeness (QED) is 0.819. The van der Waals surface area contributed by atoms with Crippen molar-refractivity contribution in [2.45, 2.75) is 32.7 Å². The largest absolute Gasteiger partial charge is 0.376 e. The zero-order chi connectivity index (χ0) is 18.4. The number of nitrogens with zero attached hydrogens (tertiary/aromatic N) is 1. The summed E-state index contributed by atoms with van der Waals surface area (Å²) in [5.41, 5.74) is 3.35. The Kier molecular flexibility index (Phi) is 6.16. The van der Waals surface area contributed by atoms with E-state index in [2.05, 4.69) is 46.7 Å². The van der Waals surface area contributed by atoms with E-state index in [1.54, 1.807) is 0 Å². The molecule has 2 aromatic rings. The van der Waals surface area contributed by atoms with E-state index in [4.69, 9.17) is 0 Å². The van der Waals surface area contributed by atoms with Crippen LogP contribution in [0.25, 0.3) is 0 Å². The molecule has 4 heteroatoms. The van der Waals surface area contributed by atoms with Gasteiger partial charge >= 0.3 is 0 Å². The Morgan fingerprint density at radius 1 is 1.08 bits per heavy atom. The van der Waals surface area contributed by atoms with Gasteiger partial charge in [-0.3, -0.25) is 4.79 Å². The molecule has 2 N–H and O–H groups in total. The van der Waals surface area contributed by atoms with Gasteiger partial charge in [0.25, 0.3) is 0 Å². The van der Waals surface area contributed by atoms with Crippen LogP contribution in [0.1, 0.15) is 38.3 Å². The Morgan fingerprint density at radius 2 is 1.73 bits per heavy atom. The molecule has 0 bridgehead atoms. The number of piperidine rings is 1. The summed E-state index contributed by atoms with van der Waals surface area (Å²) in [5.74, 6) is 0.833. The summed E-state index contributed by atoms with van der Waals surface area (Å²) in [6.45, 7) is 6.87. The molecule has 1 amide bonds. The summed E-state index contributed by atoms with van der Waals surface area (Å²) in [5, 5.41) is 6.23. The predicted octanol–water partition coefficient (Wildman–Crippen LogP) is 4.21. The summed E-state index contributed by atoms with van der Waals surface area (Å²) >= 11 is 0. The molecule has 3 rings (SSSR count). The monoisotopic (exact) mass is 351 g/mol. The van der Waals surface area contributed by atoms with Crippen LogP contribution in [0.2, 0.25) is 0 Å². The Bertz CT molecular complexity index is 691. The van der Waals surface area contributed by atoms with Gasteiger partial charge in [0.2, 0.25) is 5.91 Å². The molecule has 1 fully saturated rings. The Hall–Kier alpha value is -2.49. The number of amides is 1. The maximum Gasteiger partial charge on any atom is 0.239 e. The number of hydrogen-bond donors (Lipinski definition) is 2. The van der Waals surface area contributed by atoms with E-state index in [0.717, 1.165) is 30.3 Å². The third-order valence-corrected chi connectivity index (χ3v) is 5.15. The minimum absolute atomic E-state index is 0.00422. The van der Waals surface area contributed by atoms with E-state index in [0.29, 0.717) is 0 Å². The zero-order valence-electron chi connectivity index (χ0n) is 15.7. The van der Waals surface area contributed by atoms with Gasteiger partial charge in [-0.1, -0.05) is 37.3 Å². The number of carbonyl (C=O) groups is 1. The molecule has 1 aliphatic heterocycles. The van der Waals surface area contributed by atoms with Gasteiger partial charge in [0.1, 0.15) is 0 Å². The maximum atomic E-state index is 12.2. The second-order valence-electron chi connectivity index (χ2n) is 7.27. The van der Waals surface area contributed by atoms with Crippen molar-refractivity contribution in [3.8, 4) is 0 Å². The third-order valence-electron chi connectivity index (χ3n) is 5.15. The van der Waals surface area contributed by atoms with Gasteiger partial charge in [0.15, 0.2) is 0 Å². The Labute approximate surface area is 156 Å². The summed E-state index contributed by atoms with van der Waals surface area (Å²) < 4.78 is 0. The predicted molar refractivity (Wildman–Crippen MR) is 109 cm³/mol. The first-order valence-corrected chi connectivity index (χ1v) is 9.55. The lowest BCUT2D eigenvalue weighted by molar-refractivity contribution is -0.120. The van der Waals surface area contributed by atoms with Crippen molar-refractivity contribution < 1.29 is 4.79 Å². The number of rotatable bonds is 6. The highest BCUT2D eigenvalue weighted by atomic mass is 16.1. The first-order chi connectivity index (χ1) is 12.6. The van der Waals surface area contributed by atoms with E-state index >= 15 is 0 Å². The van der Waals surface area contributed by atoms with Crippen molar-refractivity contribution >= 4 is 17.3 Å². The van der Waals surface area contributed by atoms with E-state index < -0.39 is 0 Å². The van der Waals surface area contributed by atoms with Crippen LogP contribution < -0.4 is 15.5 Å². The SMILES string of the molecule is CC1CCN(c2ccc(NCC(=O)NC(C)c3ccccc3)cc2)CC1. The molecule has 1 heterocycles. The summed E-state index contributed by atoms with van der Waals surface area (Å²) in [7, 11) is 0. The third kappa shape index (κ3) is 5.01. The fraction of sp³-hybridized carbons (Fsp3) is 0.409. The lowest BCUT2D eigenvalue weighted by Gasteiger charge is -2.32. The molecular formula is C22H29N3O. The summed E-state index contributed by atoms with van der Waals surface area (Å²) in [6, 6.07) is 18.4. The summed E-state index contributed by atoms with van der Waals surface area (Å²) in [6.07, 6.45) is 2.53. The molecule has 1 unspecified atom stereocenters. The lowest BCUT2D eigenvalue weighted by Crippen LogP contribution is -2.33. The highest BCUT2D eigenvalue weighted by Crippen LogP contribution is 2.24. The number of benzene rings is 2. The van der Waals surface area contributed by atoms with Crippen LogP contribution >= 0.6 is 0 Å². The van der Waals surface area contributed by atoms with Gasteiger partial charge in [0.05, 0.1) is 12.6 Å². The van der Waals surface area contributed by atoms with E-state index in [-0.39, 0.29) is 18.5 Å². The van der Waals surface area contributed by atoms with Crippen molar-refractivity contribution in [1.82, 2.24) is 5.32 Å². The van der Waals surface area contributed by atoms with Crippen LogP contribution in [0.4, 0.5) is 11.4 Å². The second-order valence-corrected chi connectivity index (χ2v) is 7.27. The van der Waals surface area contributed by atoms with Gasteiger partial charge in [-0.15, -0.1) is 0 Å². The van der Waals surface area contributed by atoms with Gasteiger partial charge in [-0.05, 0) is 55.5 Å². The van der Waals surface area contributed by atoms with E-state index in [1.807, 2.05) is 37.3 Å². The van der Waals surface area contributed by atoms with Crippen molar-refractivity contribution in [3.63, 3.8) is 0 Å². The van der Waals surface area contributed by atoms with Crippen LogP contribution in [0.5, 0.6) is 0 Å². The standard InChI is InChI=1S/C22H29N3O/c1-17-12-14-25(15-13-17)21-10-8-20(9-11-21)23-16-22(26)24-18(2)19-6-4-3-5-7-19/h3-11,17-18,23H,12-16H2,1-2H3,(H,24,26). The van der Waals surface area contributed by atoms with Gasteiger partial charge in [-0.2, -0.15) is 0 Å². The Balaban J connectivity index is 1.46. The maximum absolute atomic E-state index is 12.2. The molecule has 1 aliphatic rings. The molecule has 4 nitrogen and oxygen atoms in total. The molecule has 0 radical (unpaired) electrons. The summed E-state index contributed by atoms with van der Waals surface area (Å²) in [4.78, 5) is 14.6. The smallest absolute Gasteiger partial charge is 0.239 e. The molecule has 0 aromatic heterocycles. The second kappa shape index (κ2) is 8.75. The van der Waals surface area contributed by atoms with Crippen LogP contribution in [0, 0.1) is 5.92 Å². The fourth-order valence-electron chi connectivity index (χ4n) is 3.36. The van der Waals surface area contributed by atoms with E-state index in [9.17, 15) is 4.79 Å². The molecule has 0 aliphatic carbocycles. The molecule has 26 heavy (non-hydrogen) atoms. The highest BCUT2D eigenvalue weighted by Gasteiger charge is 2.15. The van der Waals surface area contributed by atoms with Crippen LogP contribution in [0.3, 0.4) is 0 Å². The van der Waals surface area contributed by atoms with Crippen molar-refractivity contribution in [3.05, 3.63) is 60.2 Å². The number of carbonyl (C=O) groups excluding carboxylic acids is 1. The molecular weight excluding hydrogens is 322 g/mol. The zero-order valence-corrected chi connectivity index (χ0v) is 15.7. The number of hydrogen-bond acceptors (Lipinski definition) is 3. The fourth-order valence-corrected chi connectivity index (χ4v) is 3.36. The van der Waals surface area contributed by atoms with Gasteiger partial charge in [-0.25, -0.2) is 0 Å². The average molecular weight is 351 g/mol. The first-order valence-electron chi connectivity index (χ1n) is 9.55. The van der Waals surface area contributed by atoms with Crippen molar-refractivity contribution in [2.75, 3.05) is 29.9 Å². The topological polar surface area (TPSA) is 44.4 Å². The molecule has 0 spiro atoms. The minimum Gasteiger partial charge on any atom is -0.376 e. The Morgan fingerprint density at radius 3 is 2.38 bits per heavy atom. The van der Waals surface area contributed by atoms with Crippen LogP contribution in [0.15, 0.2) is 54.6 Å². The first kappa shape index (κ1) is 18.3. The van der Waals surface area contributed by atoms with Gasteiger partial charge < -0.3 is 15.5 Å². The van der Waals surface area contributed by atoms with Gasteiger partial charge in [0, 0.05) is 24.5 Å². The number of nitrogens with one attached hydrogen (secondary N) is 2. The normalized spacial score (nSPS) is 16.2. The average Bonchev–Trinajstić information content (AvgIpc) is 2.68. The molecule has 0 saturated carbocycles. The molecule has 1 atom stereocenters. The lowest BCUT2D eigenvalue weighted by atomic mass is 9.99.